The fraction of sp³-hybridized carbons (Fsp3) is 0.211. The van der Waals surface area contributed by atoms with E-state index < -0.39 is 0 Å². The van der Waals surface area contributed by atoms with Gasteiger partial charge in [-0.2, -0.15) is 5.10 Å². The lowest BCUT2D eigenvalue weighted by Crippen LogP contribution is -2.19. The van der Waals surface area contributed by atoms with Crippen LogP contribution in [-0.2, 0) is 6.54 Å². The third-order valence-electron chi connectivity index (χ3n) is 4.18. The average molecular weight is 332 g/mol. The monoisotopic (exact) mass is 332 g/mol. The van der Waals surface area contributed by atoms with Crippen LogP contribution in [0.25, 0.3) is 33.7 Å². The van der Waals surface area contributed by atoms with Crippen LogP contribution in [0.4, 0.5) is 0 Å². The molecule has 4 rings (SSSR count). The lowest BCUT2D eigenvalue weighted by atomic mass is 10.1. The molecule has 126 valence electrons. The third-order valence-corrected chi connectivity index (χ3v) is 4.18. The van der Waals surface area contributed by atoms with Gasteiger partial charge < -0.3 is 9.88 Å². The molecule has 6 heteroatoms. The largest absolute Gasteiger partial charge is 0.361 e. The second kappa shape index (κ2) is 6.49. The van der Waals surface area contributed by atoms with Crippen molar-refractivity contribution in [1.82, 2.24) is 29.6 Å². The maximum Gasteiger partial charge on any atom is 0.181 e. The number of rotatable bonds is 5. The number of benzene rings is 1. The van der Waals surface area contributed by atoms with Crippen molar-refractivity contribution in [1.29, 1.82) is 0 Å². The molecule has 0 bridgehead atoms. The molecule has 0 amide bonds. The number of fused-ring (bicyclic) bond motifs is 1. The minimum atomic E-state index is 0.725. The summed E-state index contributed by atoms with van der Waals surface area (Å²) in [5, 5.41) is 5.93. The zero-order valence-electron chi connectivity index (χ0n) is 14.3. The Morgan fingerprint density at radius 1 is 1.04 bits per heavy atom. The Labute approximate surface area is 146 Å². The van der Waals surface area contributed by atoms with Crippen molar-refractivity contribution in [2.24, 2.45) is 0 Å². The molecule has 0 aliphatic rings. The molecule has 1 N–H and O–H groups in total. The van der Waals surface area contributed by atoms with Crippen molar-refractivity contribution in [3.8, 4) is 22.8 Å². The molecule has 0 fully saturated rings. The van der Waals surface area contributed by atoms with E-state index in [0.29, 0.717) is 0 Å². The molecule has 25 heavy (non-hydrogen) atoms. The summed E-state index contributed by atoms with van der Waals surface area (Å²) in [5.74, 6) is 1.60. The minimum absolute atomic E-state index is 0.725. The van der Waals surface area contributed by atoms with Crippen LogP contribution in [-0.4, -0.2) is 50.3 Å². The van der Waals surface area contributed by atoms with Gasteiger partial charge in [-0.15, -0.1) is 0 Å². The second-order valence-corrected chi connectivity index (χ2v) is 6.30. The Bertz CT molecular complexity index is 984. The van der Waals surface area contributed by atoms with Gasteiger partial charge in [0.2, 0.25) is 0 Å². The van der Waals surface area contributed by atoms with E-state index in [9.17, 15) is 0 Å². The molecule has 0 radical (unpaired) electrons. The molecule has 0 saturated heterocycles. The number of nitrogens with one attached hydrogen (secondary N) is 1. The summed E-state index contributed by atoms with van der Waals surface area (Å²) in [5.41, 5.74) is 3.13. The van der Waals surface area contributed by atoms with Crippen LogP contribution in [0, 0.1) is 0 Å². The highest BCUT2D eigenvalue weighted by Crippen LogP contribution is 2.25. The van der Waals surface area contributed by atoms with E-state index >= 15 is 0 Å². The molecule has 0 spiro atoms. The van der Waals surface area contributed by atoms with Crippen molar-refractivity contribution in [3.63, 3.8) is 0 Å². The predicted octanol–water partition coefficient (Wildman–Crippen LogP) is 3.05. The van der Waals surface area contributed by atoms with Gasteiger partial charge in [-0.25, -0.2) is 9.67 Å². The molecule has 3 heterocycles. The zero-order valence-corrected chi connectivity index (χ0v) is 14.3. The third kappa shape index (κ3) is 3.16. The molecule has 4 aromatic rings. The second-order valence-electron chi connectivity index (χ2n) is 6.30. The van der Waals surface area contributed by atoms with Crippen LogP contribution >= 0.6 is 0 Å². The number of likely N-dealkylation sites (N-methyl/N-ethyl adjacent to an activating group) is 1. The molecule has 6 nitrogen and oxygen atoms in total. The molecular weight excluding hydrogens is 312 g/mol. The normalized spacial score (nSPS) is 11.5. The zero-order chi connectivity index (χ0) is 17.2. The topological polar surface area (TPSA) is 62.6 Å². The van der Waals surface area contributed by atoms with Gasteiger partial charge in [0.15, 0.2) is 11.6 Å². The number of hydrogen-bond donors (Lipinski definition) is 1. The van der Waals surface area contributed by atoms with Crippen LogP contribution in [0.3, 0.4) is 0 Å². The maximum atomic E-state index is 4.81. The predicted molar refractivity (Wildman–Crippen MR) is 99.1 cm³/mol. The molecule has 0 unspecified atom stereocenters. The Kier molecular flexibility index (Phi) is 4.03. The summed E-state index contributed by atoms with van der Waals surface area (Å²) in [7, 11) is 4.12. The van der Waals surface area contributed by atoms with E-state index in [0.717, 1.165) is 41.4 Å². The summed E-state index contributed by atoms with van der Waals surface area (Å²) < 4.78 is 1.99. The van der Waals surface area contributed by atoms with E-state index in [4.69, 9.17) is 10.1 Å². The molecule has 0 aliphatic heterocycles. The highest BCUT2D eigenvalue weighted by Gasteiger charge is 2.14. The van der Waals surface area contributed by atoms with Crippen molar-refractivity contribution < 1.29 is 0 Å². The lowest BCUT2D eigenvalue weighted by Gasteiger charge is -2.11. The minimum Gasteiger partial charge on any atom is -0.361 e. The number of nitrogens with zero attached hydrogens (tertiary/aromatic N) is 5. The first-order valence-electron chi connectivity index (χ1n) is 8.28. The Balaban J connectivity index is 1.79. The summed E-state index contributed by atoms with van der Waals surface area (Å²) in [6.07, 6.45) is 5.48. The first-order valence-corrected chi connectivity index (χ1v) is 8.28. The Hall–Kier alpha value is -2.99. The molecule has 1 aromatic carbocycles. The van der Waals surface area contributed by atoms with E-state index in [-0.39, 0.29) is 0 Å². The van der Waals surface area contributed by atoms with E-state index in [2.05, 4.69) is 53.2 Å². The number of H-pyrrole nitrogens is 1. The first-order chi connectivity index (χ1) is 12.2. The van der Waals surface area contributed by atoms with E-state index in [1.165, 1.54) is 5.39 Å². The Morgan fingerprint density at radius 2 is 1.88 bits per heavy atom. The van der Waals surface area contributed by atoms with Crippen LogP contribution < -0.4 is 0 Å². The number of aromatic nitrogens is 5. The van der Waals surface area contributed by atoms with Crippen molar-refractivity contribution in [2.45, 2.75) is 6.54 Å². The molecule has 0 aliphatic carbocycles. The molecular formula is C19H20N6. The van der Waals surface area contributed by atoms with Gasteiger partial charge in [0.25, 0.3) is 0 Å². The fourth-order valence-electron chi connectivity index (χ4n) is 2.82. The van der Waals surface area contributed by atoms with Gasteiger partial charge in [0.1, 0.15) is 0 Å². The molecule has 0 atom stereocenters. The van der Waals surface area contributed by atoms with Crippen LogP contribution in [0.15, 0.2) is 55.0 Å². The summed E-state index contributed by atoms with van der Waals surface area (Å²) in [4.78, 5) is 14.3. The summed E-state index contributed by atoms with van der Waals surface area (Å²) in [6.45, 7) is 1.68. The molecule has 3 aromatic heterocycles. The van der Waals surface area contributed by atoms with Crippen molar-refractivity contribution in [3.05, 3.63) is 55.0 Å². The molecule has 0 saturated carbocycles. The van der Waals surface area contributed by atoms with Crippen molar-refractivity contribution in [2.75, 3.05) is 20.6 Å². The summed E-state index contributed by atoms with van der Waals surface area (Å²) >= 11 is 0. The maximum absolute atomic E-state index is 4.81. The fourth-order valence-corrected chi connectivity index (χ4v) is 2.82. The average Bonchev–Trinajstić information content (AvgIpc) is 3.26. The lowest BCUT2D eigenvalue weighted by molar-refractivity contribution is 0.374. The Morgan fingerprint density at radius 3 is 2.68 bits per heavy atom. The highest BCUT2D eigenvalue weighted by molar-refractivity contribution is 5.83. The highest BCUT2D eigenvalue weighted by atomic mass is 15.4. The smallest absolute Gasteiger partial charge is 0.181 e. The van der Waals surface area contributed by atoms with Crippen LogP contribution in [0.1, 0.15) is 0 Å². The first kappa shape index (κ1) is 15.5. The van der Waals surface area contributed by atoms with Gasteiger partial charge in [0.05, 0.1) is 6.54 Å². The van der Waals surface area contributed by atoms with Gasteiger partial charge in [0, 0.05) is 41.8 Å². The van der Waals surface area contributed by atoms with Gasteiger partial charge in [-0.05, 0) is 43.7 Å². The van der Waals surface area contributed by atoms with Gasteiger partial charge >= 0.3 is 0 Å². The van der Waals surface area contributed by atoms with Gasteiger partial charge in [-0.3, -0.25) is 4.98 Å². The standard InChI is InChI=1S/C19H20N6/c1-24(2)11-12-25-19(16-4-3-14-7-10-21-17(14)13-16)22-18(23-25)15-5-8-20-9-6-15/h3-10,13,21H,11-12H2,1-2H3. The number of pyridine rings is 1. The SMILES string of the molecule is CN(C)CCn1nc(-c2ccncc2)nc1-c1ccc2cc[nH]c2c1. The quantitative estimate of drug-likeness (QED) is 0.610. The number of aromatic amines is 1. The summed E-state index contributed by atoms with van der Waals surface area (Å²) in [6, 6.07) is 12.3. The van der Waals surface area contributed by atoms with Crippen molar-refractivity contribution >= 4 is 10.9 Å². The van der Waals surface area contributed by atoms with E-state index in [1.54, 1.807) is 12.4 Å². The van der Waals surface area contributed by atoms with Gasteiger partial charge in [-0.1, -0.05) is 12.1 Å². The van der Waals surface area contributed by atoms with E-state index in [1.807, 2.05) is 23.0 Å². The number of hydrogen-bond acceptors (Lipinski definition) is 4. The van der Waals surface area contributed by atoms with Crippen LogP contribution in [0.2, 0.25) is 0 Å². The van der Waals surface area contributed by atoms with Crippen LogP contribution in [0.5, 0.6) is 0 Å².